The Morgan fingerprint density at radius 3 is 2.63 bits per heavy atom. The Hall–Kier alpha value is -2.08. The van der Waals surface area contributed by atoms with Crippen LogP contribution in [-0.2, 0) is 0 Å². The highest BCUT2D eigenvalue weighted by Gasteiger charge is 2.45. The van der Waals surface area contributed by atoms with E-state index in [9.17, 15) is 0 Å². The highest BCUT2D eigenvalue weighted by atomic mass is 35.5. The normalized spacial score (nSPS) is 21.9. The lowest BCUT2D eigenvalue weighted by Gasteiger charge is -2.31. The maximum atomic E-state index is 6.41. The Morgan fingerprint density at radius 2 is 1.90 bits per heavy atom. The smallest absolute Gasteiger partial charge is 0.170 e. The van der Waals surface area contributed by atoms with Crippen molar-refractivity contribution in [2.75, 3.05) is 0 Å². The van der Waals surface area contributed by atoms with Gasteiger partial charge in [0.05, 0.1) is 16.8 Å². The molecule has 2 atom stereocenters. The van der Waals surface area contributed by atoms with Gasteiger partial charge >= 0.3 is 0 Å². The van der Waals surface area contributed by atoms with Crippen molar-refractivity contribution in [3.05, 3.63) is 76.2 Å². The minimum atomic E-state index is -0.0704. The van der Waals surface area contributed by atoms with E-state index in [1.807, 2.05) is 48.7 Å². The van der Waals surface area contributed by atoms with E-state index < -0.39 is 0 Å². The molecular weight excluding hydrogens is 437 g/mol. The molecule has 2 aliphatic rings. The number of pyridine rings is 1. The number of nitrogens with zero attached hydrogens (tertiary/aromatic N) is 2. The van der Waals surface area contributed by atoms with Crippen molar-refractivity contribution < 1.29 is 4.42 Å². The van der Waals surface area contributed by atoms with Gasteiger partial charge in [-0.2, -0.15) is 0 Å². The van der Waals surface area contributed by atoms with Crippen LogP contribution in [0.25, 0.3) is 11.3 Å². The molecule has 5 rings (SSSR count). The third kappa shape index (κ3) is 3.59. The van der Waals surface area contributed by atoms with Crippen LogP contribution in [-0.4, -0.2) is 21.0 Å². The van der Waals surface area contributed by atoms with Crippen molar-refractivity contribution in [3.8, 4) is 11.3 Å². The highest BCUT2D eigenvalue weighted by Crippen LogP contribution is 2.44. The number of aromatic nitrogens is 1. The summed E-state index contributed by atoms with van der Waals surface area (Å²) in [5, 5.41) is 5.44. The molecule has 0 bridgehead atoms. The number of hydrogen-bond donors (Lipinski definition) is 1. The topological polar surface area (TPSA) is 41.3 Å². The van der Waals surface area contributed by atoms with E-state index in [1.165, 1.54) is 12.8 Å². The van der Waals surface area contributed by atoms with Crippen LogP contribution in [0.15, 0.2) is 59.1 Å². The van der Waals surface area contributed by atoms with Gasteiger partial charge in [0.25, 0.3) is 0 Å². The largest absolute Gasteiger partial charge is 0.459 e. The summed E-state index contributed by atoms with van der Waals surface area (Å²) >= 11 is 18.2. The predicted octanol–water partition coefficient (Wildman–Crippen LogP) is 6.56. The molecule has 0 amide bonds. The molecule has 1 N–H and O–H groups in total. The molecule has 1 aromatic carbocycles. The van der Waals surface area contributed by atoms with E-state index in [0.717, 1.165) is 40.7 Å². The second-order valence-electron chi connectivity index (χ2n) is 7.80. The highest BCUT2D eigenvalue weighted by molar-refractivity contribution is 7.80. The van der Waals surface area contributed by atoms with Crippen molar-refractivity contribution in [3.63, 3.8) is 0 Å². The van der Waals surface area contributed by atoms with E-state index in [2.05, 4.69) is 15.2 Å². The molecule has 1 aliphatic carbocycles. The zero-order chi connectivity index (χ0) is 20.7. The van der Waals surface area contributed by atoms with Crippen molar-refractivity contribution in [2.45, 2.75) is 43.8 Å². The van der Waals surface area contributed by atoms with Crippen LogP contribution in [0.1, 0.15) is 49.2 Å². The maximum Gasteiger partial charge on any atom is 0.170 e. The van der Waals surface area contributed by atoms with Crippen LogP contribution in [0.2, 0.25) is 10.0 Å². The molecule has 3 heterocycles. The second kappa shape index (κ2) is 8.22. The third-order valence-electron chi connectivity index (χ3n) is 5.97. The number of thiocarbonyl (C=S) groups is 1. The van der Waals surface area contributed by atoms with Gasteiger partial charge in [-0.25, -0.2) is 0 Å². The van der Waals surface area contributed by atoms with Gasteiger partial charge in [-0.3, -0.25) is 4.98 Å². The first-order chi connectivity index (χ1) is 14.6. The number of halogens is 2. The van der Waals surface area contributed by atoms with E-state index in [-0.39, 0.29) is 12.1 Å². The first kappa shape index (κ1) is 19.9. The molecule has 2 aromatic heterocycles. The van der Waals surface area contributed by atoms with Crippen LogP contribution in [0, 0.1) is 0 Å². The van der Waals surface area contributed by atoms with Crippen LogP contribution in [0.3, 0.4) is 0 Å². The van der Waals surface area contributed by atoms with Crippen molar-refractivity contribution in [1.29, 1.82) is 0 Å². The van der Waals surface area contributed by atoms with E-state index >= 15 is 0 Å². The maximum absolute atomic E-state index is 6.41. The van der Waals surface area contributed by atoms with Crippen molar-refractivity contribution in [1.82, 2.24) is 15.2 Å². The number of furan rings is 1. The summed E-state index contributed by atoms with van der Waals surface area (Å²) in [5.41, 5.74) is 1.77. The minimum absolute atomic E-state index is 0.0599. The molecule has 1 aliphatic heterocycles. The summed E-state index contributed by atoms with van der Waals surface area (Å²) < 4.78 is 6.37. The summed E-state index contributed by atoms with van der Waals surface area (Å²) in [4.78, 5) is 6.92. The number of rotatable bonds is 4. The molecule has 2 fully saturated rings. The van der Waals surface area contributed by atoms with Gasteiger partial charge in [-0.1, -0.05) is 42.1 Å². The Labute approximate surface area is 191 Å². The first-order valence-corrected chi connectivity index (χ1v) is 11.3. The van der Waals surface area contributed by atoms with Gasteiger partial charge in [0, 0.05) is 22.8 Å². The standard InChI is InChI=1S/C23H21Cl2N3OS/c24-14-8-9-16(17(25)13-14)19-10-11-20(29-19)22-21(18-7-3-4-12-26-18)27-23(30)28(22)15-5-1-2-6-15/h3-4,7-13,15,21-22H,1-2,5-6H2,(H,27,30)/t21-,22-/m0/s1. The lowest BCUT2D eigenvalue weighted by atomic mass is 10.0. The SMILES string of the molecule is S=C1N[C@@H](c2ccccn2)[C@H](c2ccc(-c3ccc(Cl)cc3Cl)o2)N1C1CCCC1. The van der Waals surface area contributed by atoms with Crippen molar-refractivity contribution in [2.24, 2.45) is 0 Å². The van der Waals surface area contributed by atoms with Gasteiger partial charge in [0.2, 0.25) is 0 Å². The molecule has 0 radical (unpaired) electrons. The monoisotopic (exact) mass is 457 g/mol. The lowest BCUT2D eigenvalue weighted by molar-refractivity contribution is 0.218. The van der Waals surface area contributed by atoms with Crippen LogP contribution < -0.4 is 5.32 Å². The minimum Gasteiger partial charge on any atom is -0.459 e. The van der Waals surface area contributed by atoms with E-state index in [0.29, 0.717) is 16.1 Å². The van der Waals surface area contributed by atoms with Gasteiger partial charge < -0.3 is 14.6 Å². The molecule has 30 heavy (non-hydrogen) atoms. The molecule has 154 valence electrons. The Balaban J connectivity index is 1.55. The van der Waals surface area contributed by atoms with Gasteiger partial charge in [-0.05, 0) is 67.5 Å². The molecule has 3 aromatic rings. The molecule has 0 spiro atoms. The molecule has 0 unspecified atom stereocenters. The molecular formula is C23H21Cl2N3OS. The third-order valence-corrected chi connectivity index (χ3v) is 6.84. The molecule has 7 heteroatoms. The summed E-state index contributed by atoms with van der Waals surface area (Å²) in [6.07, 6.45) is 6.56. The summed E-state index contributed by atoms with van der Waals surface area (Å²) in [6, 6.07) is 15.7. The van der Waals surface area contributed by atoms with E-state index in [1.54, 1.807) is 6.07 Å². The molecule has 1 saturated carbocycles. The Morgan fingerprint density at radius 1 is 1.07 bits per heavy atom. The average molecular weight is 458 g/mol. The van der Waals surface area contributed by atoms with Gasteiger partial charge in [0.1, 0.15) is 17.6 Å². The number of hydrogen-bond acceptors (Lipinski definition) is 3. The predicted molar refractivity (Wildman–Crippen MR) is 124 cm³/mol. The second-order valence-corrected chi connectivity index (χ2v) is 9.03. The summed E-state index contributed by atoms with van der Waals surface area (Å²) in [5.74, 6) is 1.57. The summed E-state index contributed by atoms with van der Waals surface area (Å²) in [6.45, 7) is 0. The van der Waals surface area contributed by atoms with Crippen LogP contribution in [0.5, 0.6) is 0 Å². The molecule has 1 saturated heterocycles. The zero-order valence-electron chi connectivity index (χ0n) is 16.2. The fraction of sp³-hybridized carbons (Fsp3) is 0.304. The first-order valence-electron chi connectivity index (χ1n) is 10.2. The zero-order valence-corrected chi connectivity index (χ0v) is 18.6. The van der Waals surface area contributed by atoms with Gasteiger partial charge in [-0.15, -0.1) is 0 Å². The fourth-order valence-electron chi connectivity index (χ4n) is 4.59. The molecule has 4 nitrogen and oxygen atoms in total. The quantitative estimate of drug-likeness (QED) is 0.448. The fourth-order valence-corrected chi connectivity index (χ4v) is 5.48. The number of benzene rings is 1. The van der Waals surface area contributed by atoms with Crippen LogP contribution in [0.4, 0.5) is 0 Å². The van der Waals surface area contributed by atoms with Gasteiger partial charge in [0.15, 0.2) is 5.11 Å². The van der Waals surface area contributed by atoms with E-state index in [4.69, 9.17) is 39.8 Å². The lowest BCUT2D eigenvalue weighted by Crippen LogP contribution is -2.37. The summed E-state index contributed by atoms with van der Waals surface area (Å²) in [7, 11) is 0. The Bertz CT molecular complexity index is 1070. The van der Waals surface area contributed by atoms with Crippen molar-refractivity contribution >= 4 is 40.5 Å². The Kier molecular flexibility index (Phi) is 5.44. The number of nitrogens with one attached hydrogen (secondary N) is 1. The van der Waals surface area contributed by atoms with Crippen LogP contribution >= 0.6 is 35.4 Å². The average Bonchev–Trinajstić information content (AvgIpc) is 3.48.